The van der Waals surface area contributed by atoms with Gasteiger partial charge in [0.2, 0.25) is 0 Å². The SMILES string of the molecule is C=CCO[C@@H]1O[C@H](COC(C)=O)[C@@H](OC(C)=O)[C@H](OC(C)=O)[C@H]1OC(C)=O. The second kappa shape index (κ2) is 10.6. The summed E-state index contributed by atoms with van der Waals surface area (Å²) < 4.78 is 31.7. The molecular formula is C17H24O10. The van der Waals surface area contributed by atoms with Gasteiger partial charge >= 0.3 is 23.9 Å². The monoisotopic (exact) mass is 388 g/mol. The fraction of sp³-hybridized carbons (Fsp3) is 0.647. The molecule has 1 heterocycles. The number of carbonyl (C=O) groups is 4. The van der Waals surface area contributed by atoms with E-state index in [9.17, 15) is 19.2 Å². The van der Waals surface area contributed by atoms with Gasteiger partial charge in [-0.3, -0.25) is 19.2 Å². The third-order valence-corrected chi connectivity index (χ3v) is 3.33. The Labute approximate surface area is 156 Å². The van der Waals surface area contributed by atoms with Gasteiger partial charge in [0, 0.05) is 27.7 Å². The van der Waals surface area contributed by atoms with Gasteiger partial charge in [0.1, 0.15) is 12.7 Å². The molecule has 1 aliphatic heterocycles. The van der Waals surface area contributed by atoms with Crippen molar-refractivity contribution in [3.05, 3.63) is 12.7 Å². The molecule has 0 radical (unpaired) electrons. The summed E-state index contributed by atoms with van der Waals surface area (Å²) >= 11 is 0. The van der Waals surface area contributed by atoms with E-state index < -0.39 is 54.6 Å². The molecule has 1 aliphatic rings. The molecule has 0 N–H and O–H groups in total. The minimum atomic E-state index is -1.24. The lowest BCUT2D eigenvalue weighted by atomic mass is 9.98. The van der Waals surface area contributed by atoms with Gasteiger partial charge in [-0.2, -0.15) is 0 Å². The first-order chi connectivity index (χ1) is 12.6. The van der Waals surface area contributed by atoms with Gasteiger partial charge in [-0.1, -0.05) is 6.08 Å². The molecule has 27 heavy (non-hydrogen) atoms. The Morgan fingerprint density at radius 3 is 1.85 bits per heavy atom. The zero-order chi connectivity index (χ0) is 20.6. The van der Waals surface area contributed by atoms with Gasteiger partial charge in [-0.15, -0.1) is 6.58 Å². The molecule has 0 aromatic rings. The second-order valence-corrected chi connectivity index (χ2v) is 5.69. The molecule has 0 saturated carbocycles. The summed E-state index contributed by atoms with van der Waals surface area (Å²) in [7, 11) is 0. The summed E-state index contributed by atoms with van der Waals surface area (Å²) in [4.78, 5) is 45.8. The standard InChI is InChI=1S/C17H24O10/c1-6-7-22-17-16(26-12(5)21)15(25-11(4)20)14(24-10(3)19)13(27-17)8-23-9(2)18/h6,13-17H,1,7-8H2,2-5H3/t13-,14-,15+,16-,17-/m1/s1. The topological polar surface area (TPSA) is 124 Å². The highest BCUT2D eigenvalue weighted by Gasteiger charge is 2.52. The van der Waals surface area contributed by atoms with Crippen molar-refractivity contribution in [2.45, 2.75) is 58.4 Å². The van der Waals surface area contributed by atoms with Crippen LogP contribution in [-0.2, 0) is 47.6 Å². The Balaban J connectivity index is 3.24. The van der Waals surface area contributed by atoms with Crippen LogP contribution in [0.4, 0.5) is 0 Å². The molecule has 0 unspecified atom stereocenters. The van der Waals surface area contributed by atoms with Crippen molar-refractivity contribution in [1.29, 1.82) is 0 Å². The lowest BCUT2D eigenvalue weighted by Crippen LogP contribution is -2.62. The van der Waals surface area contributed by atoms with Crippen molar-refractivity contribution in [2.75, 3.05) is 13.2 Å². The first-order valence-electron chi connectivity index (χ1n) is 8.18. The lowest BCUT2D eigenvalue weighted by Gasteiger charge is -2.43. The Kier molecular flexibility index (Phi) is 8.89. The maximum absolute atomic E-state index is 11.6. The van der Waals surface area contributed by atoms with Crippen molar-refractivity contribution >= 4 is 23.9 Å². The normalized spacial score (nSPS) is 27.2. The van der Waals surface area contributed by atoms with Crippen molar-refractivity contribution in [3.8, 4) is 0 Å². The minimum Gasteiger partial charge on any atom is -0.463 e. The van der Waals surface area contributed by atoms with Crippen LogP contribution >= 0.6 is 0 Å². The van der Waals surface area contributed by atoms with Crippen molar-refractivity contribution in [1.82, 2.24) is 0 Å². The van der Waals surface area contributed by atoms with E-state index in [0.717, 1.165) is 20.8 Å². The van der Waals surface area contributed by atoms with Crippen molar-refractivity contribution in [2.24, 2.45) is 0 Å². The van der Waals surface area contributed by atoms with E-state index in [1.54, 1.807) is 0 Å². The highest BCUT2D eigenvalue weighted by Crippen LogP contribution is 2.29. The third kappa shape index (κ3) is 7.35. The largest absolute Gasteiger partial charge is 0.463 e. The van der Waals surface area contributed by atoms with E-state index in [1.165, 1.54) is 13.0 Å². The number of rotatable bonds is 8. The third-order valence-electron chi connectivity index (χ3n) is 3.33. The molecule has 0 aliphatic carbocycles. The molecule has 152 valence electrons. The predicted molar refractivity (Wildman–Crippen MR) is 88.1 cm³/mol. The van der Waals surface area contributed by atoms with E-state index in [2.05, 4.69) is 6.58 Å². The van der Waals surface area contributed by atoms with Crippen LogP contribution in [0.5, 0.6) is 0 Å². The summed E-state index contributed by atoms with van der Waals surface area (Å²) in [5.41, 5.74) is 0. The predicted octanol–water partition coefficient (Wildman–Crippen LogP) is 0.272. The van der Waals surface area contributed by atoms with Crippen molar-refractivity contribution < 1.29 is 47.6 Å². The maximum Gasteiger partial charge on any atom is 0.303 e. The smallest absolute Gasteiger partial charge is 0.303 e. The zero-order valence-corrected chi connectivity index (χ0v) is 15.7. The summed E-state index contributed by atoms with van der Waals surface area (Å²) in [5.74, 6) is -2.67. The molecule has 10 heteroatoms. The molecule has 0 amide bonds. The second-order valence-electron chi connectivity index (χ2n) is 5.69. The molecule has 0 bridgehead atoms. The number of carbonyl (C=O) groups excluding carboxylic acids is 4. The Morgan fingerprint density at radius 2 is 1.37 bits per heavy atom. The molecule has 0 aromatic heterocycles. The van der Waals surface area contributed by atoms with Gasteiger partial charge in [-0.05, 0) is 0 Å². The van der Waals surface area contributed by atoms with Crippen LogP contribution in [-0.4, -0.2) is 67.8 Å². The van der Waals surface area contributed by atoms with Crippen molar-refractivity contribution in [3.63, 3.8) is 0 Å². The molecule has 5 atom stereocenters. The summed E-state index contributed by atoms with van der Waals surface area (Å²) in [6.07, 6.45) is -4.41. The first-order valence-corrected chi connectivity index (χ1v) is 8.18. The van der Waals surface area contributed by atoms with Crippen LogP contribution < -0.4 is 0 Å². The Hall–Kier alpha value is -2.46. The minimum absolute atomic E-state index is 0.0355. The van der Waals surface area contributed by atoms with Gasteiger partial charge in [-0.25, -0.2) is 0 Å². The Morgan fingerprint density at radius 1 is 0.852 bits per heavy atom. The quantitative estimate of drug-likeness (QED) is 0.325. The van der Waals surface area contributed by atoms with Crippen LogP contribution in [0, 0.1) is 0 Å². The van der Waals surface area contributed by atoms with Gasteiger partial charge in [0.05, 0.1) is 6.61 Å². The molecule has 0 spiro atoms. The first kappa shape index (κ1) is 22.6. The number of esters is 4. The molecule has 1 fully saturated rings. The van der Waals surface area contributed by atoms with Crippen LogP contribution in [0.3, 0.4) is 0 Å². The maximum atomic E-state index is 11.6. The van der Waals surface area contributed by atoms with Crippen LogP contribution in [0.2, 0.25) is 0 Å². The highest BCUT2D eigenvalue weighted by molar-refractivity contribution is 5.68. The molecule has 0 aromatic carbocycles. The Bertz CT molecular complexity index is 572. The van der Waals surface area contributed by atoms with Gasteiger partial charge in [0.15, 0.2) is 24.6 Å². The zero-order valence-electron chi connectivity index (χ0n) is 15.7. The van der Waals surface area contributed by atoms with E-state index in [-0.39, 0.29) is 13.2 Å². The molecular weight excluding hydrogens is 364 g/mol. The van der Waals surface area contributed by atoms with E-state index in [4.69, 9.17) is 28.4 Å². The van der Waals surface area contributed by atoms with E-state index in [1.807, 2.05) is 0 Å². The molecule has 1 rings (SSSR count). The lowest BCUT2D eigenvalue weighted by molar-refractivity contribution is -0.305. The van der Waals surface area contributed by atoms with Gasteiger partial charge < -0.3 is 28.4 Å². The van der Waals surface area contributed by atoms with E-state index >= 15 is 0 Å². The number of hydrogen-bond acceptors (Lipinski definition) is 10. The fourth-order valence-electron chi connectivity index (χ4n) is 2.49. The van der Waals surface area contributed by atoms with Gasteiger partial charge in [0.25, 0.3) is 0 Å². The number of hydrogen-bond donors (Lipinski definition) is 0. The molecule has 10 nitrogen and oxygen atoms in total. The van der Waals surface area contributed by atoms with Crippen LogP contribution in [0.1, 0.15) is 27.7 Å². The fourth-order valence-corrected chi connectivity index (χ4v) is 2.49. The van der Waals surface area contributed by atoms with Crippen LogP contribution in [0.15, 0.2) is 12.7 Å². The summed E-state index contributed by atoms with van der Waals surface area (Å²) in [6, 6.07) is 0. The highest BCUT2D eigenvalue weighted by atomic mass is 16.7. The molecule has 1 saturated heterocycles. The van der Waals surface area contributed by atoms with E-state index in [0.29, 0.717) is 0 Å². The average Bonchev–Trinajstić information content (AvgIpc) is 2.54. The summed E-state index contributed by atoms with van der Waals surface area (Å²) in [6.45, 7) is 7.90. The summed E-state index contributed by atoms with van der Waals surface area (Å²) in [5, 5.41) is 0. The number of ether oxygens (including phenoxy) is 6. The average molecular weight is 388 g/mol. The van der Waals surface area contributed by atoms with Crippen LogP contribution in [0.25, 0.3) is 0 Å².